The number of aromatic nitrogens is 2. The molecular weight excluding hydrogens is 128 g/mol. The highest BCUT2D eigenvalue weighted by Crippen LogP contribution is 1.93. The minimum absolute atomic E-state index is 0.262. The van der Waals surface area contributed by atoms with Crippen molar-refractivity contribution < 1.29 is 9.67 Å². The average molecular weight is 141 g/mol. The summed E-state index contributed by atoms with van der Waals surface area (Å²) in [4.78, 5) is 2.96. The van der Waals surface area contributed by atoms with Gasteiger partial charge in [-0.3, -0.25) is 0 Å². The molecule has 1 aromatic rings. The molecule has 10 heavy (non-hydrogen) atoms. The highest BCUT2D eigenvalue weighted by Gasteiger charge is 2.06. The van der Waals surface area contributed by atoms with E-state index in [1.54, 1.807) is 6.92 Å². The quantitative estimate of drug-likeness (QED) is 0.548. The summed E-state index contributed by atoms with van der Waals surface area (Å²) in [6.07, 6.45) is 4.20. The number of aromatic amines is 1. The van der Waals surface area contributed by atoms with Crippen molar-refractivity contribution in [3.05, 3.63) is 18.2 Å². The summed E-state index contributed by atoms with van der Waals surface area (Å²) < 4.78 is 1.96. The van der Waals surface area contributed by atoms with Crippen LogP contribution in [0.2, 0.25) is 0 Å². The molecule has 0 spiro atoms. The maximum absolute atomic E-state index is 9.02. The molecule has 3 nitrogen and oxygen atoms in total. The lowest BCUT2D eigenvalue weighted by molar-refractivity contribution is -0.677. The fourth-order valence-electron chi connectivity index (χ4n) is 0.936. The molecule has 0 fully saturated rings. The Balaban J connectivity index is 2.65. The molecule has 0 aromatic carbocycles. The predicted molar refractivity (Wildman–Crippen MR) is 37.4 cm³/mol. The second-order valence-corrected chi connectivity index (χ2v) is 2.60. The lowest BCUT2D eigenvalue weighted by Crippen LogP contribution is -2.31. The molecule has 0 amide bonds. The largest absolute Gasteiger partial charge is 0.393 e. The maximum atomic E-state index is 9.02. The third kappa shape index (κ3) is 1.57. The van der Waals surface area contributed by atoms with Crippen molar-refractivity contribution in [3.63, 3.8) is 0 Å². The molecule has 0 aliphatic heterocycles. The van der Waals surface area contributed by atoms with Crippen molar-refractivity contribution >= 4 is 0 Å². The van der Waals surface area contributed by atoms with Crippen LogP contribution in [0, 0.1) is 0 Å². The standard InChI is InChI=1S/C7H12N2O/c1-6(10)3-7-4-8-5-9(7)2/h4-6,10H,3H2,1-2H3/p+1. The Morgan fingerprint density at radius 1 is 1.80 bits per heavy atom. The molecule has 1 heterocycles. The van der Waals surface area contributed by atoms with Crippen molar-refractivity contribution in [1.29, 1.82) is 0 Å². The zero-order chi connectivity index (χ0) is 7.56. The van der Waals surface area contributed by atoms with E-state index in [-0.39, 0.29) is 6.10 Å². The molecule has 3 heteroatoms. The number of H-pyrrole nitrogens is 1. The van der Waals surface area contributed by atoms with Gasteiger partial charge in [-0.15, -0.1) is 0 Å². The van der Waals surface area contributed by atoms with Crippen LogP contribution in [-0.2, 0) is 13.5 Å². The van der Waals surface area contributed by atoms with E-state index in [0.717, 1.165) is 5.69 Å². The van der Waals surface area contributed by atoms with Crippen molar-refractivity contribution in [1.82, 2.24) is 4.98 Å². The van der Waals surface area contributed by atoms with E-state index in [0.29, 0.717) is 6.42 Å². The van der Waals surface area contributed by atoms with E-state index in [4.69, 9.17) is 5.11 Å². The number of hydrogen-bond acceptors (Lipinski definition) is 1. The van der Waals surface area contributed by atoms with Gasteiger partial charge in [0.1, 0.15) is 11.9 Å². The van der Waals surface area contributed by atoms with Gasteiger partial charge in [-0.25, -0.2) is 9.55 Å². The average Bonchev–Trinajstić information content (AvgIpc) is 2.15. The minimum atomic E-state index is -0.262. The highest BCUT2D eigenvalue weighted by molar-refractivity contribution is 4.87. The number of aryl methyl sites for hydroxylation is 1. The summed E-state index contributed by atoms with van der Waals surface area (Å²) in [5, 5.41) is 9.02. The summed E-state index contributed by atoms with van der Waals surface area (Å²) in [6, 6.07) is 0. The molecule has 56 valence electrons. The summed E-state index contributed by atoms with van der Waals surface area (Å²) in [5.74, 6) is 0. The summed E-state index contributed by atoms with van der Waals surface area (Å²) in [7, 11) is 1.95. The fourth-order valence-corrected chi connectivity index (χ4v) is 0.936. The molecule has 2 N–H and O–H groups in total. The Kier molecular flexibility index (Phi) is 2.06. The third-order valence-corrected chi connectivity index (χ3v) is 1.48. The van der Waals surface area contributed by atoms with E-state index in [1.807, 2.05) is 24.1 Å². The number of nitrogens with zero attached hydrogens (tertiary/aromatic N) is 1. The van der Waals surface area contributed by atoms with E-state index in [9.17, 15) is 0 Å². The molecule has 0 saturated carbocycles. The SMILES string of the molecule is CC(O)Cc1c[nH]c[n+]1C. The summed E-state index contributed by atoms with van der Waals surface area (Å²) in [5.41, 5.74) is 1.12. The van der Waals surface area contributed by atoms with Gasteiger partial charge >= 0.3 is 0 Å². The Hall–Kier alpha value is -0.830. The first kappa shape index (κ1) is 7.28. The summed E-state index contributed by atoms with van der Waals surface area (Å²) in [6.45, 7) is 1.78. The number of imidazole rings is 1. The minimum Gasteiger partial charge on any atom is -0.393 e. The predicted octanol–water partition coefficient (Wildman–Crippen LogP) is -0.238. The number of aliphatic hydroxyl groups excluding tert-OH is 1. The Morgan fingerprint density at radius 3 is 2.90 bits per heavy atom. The highest BCUT2D eigenvalue weighted by atomic mass is 16.3. The number of rotatable bonds is 2. The van der Waals surface area contributed by atoms with Gasteiger partial charge in [-0.2, -0.15) is 0 Å². The van der Waals surface area contributed by atoms with Crippen molar-refractivity contribution in [2.24, 2.45) is 7.05 Å². The zero-order valence-electron chi connectivity index (χ0n) is 6.33. The van der Waals surface area contributed by atoms with Crippen LogP contribution < -0.4 is 4.57 Å². The molecule has 1 unspecified atom stereocenters. The molecule has 0 saturated heterocycles. The number of aliphatic hydroxyl groups is 1. The third-order valence-electron chi connectivity index (χ3n) is 1.48. The van der Waals surface area contributed by atoms with Gasteiger partial charge in [0.2, 0.25) is 6.33 Å². The number of hydrogen-bond donors (Lipinski definition) is 2. The molecule has 0 radical (unpaired) electrons. The maximum Gasteiger partial charge on any atom is 0.241 e. The van der Waals surface area contributed by atoms with E-state index in [2.05, 4.69) is 4.98 Å². The molecule has 1 rings (SSSR count). The van der Waals surface area contributed by atoms with Gasteiger partial charge in [0, 0.05) is 6.42 Å². The van der Waals surface area contributed by atoms with Gasteiger partial charge in [-0.05, 0) is 6.92 Å². The van der Waals surface area contributed by atoms with Gasteiger partial charge in [0.15, 0.2) is 0 Å². The Labute approximate surface area is 60.3 Å². The Bertz CT molecular complexity index is 205. The van der Waals surface area contributed by atoms with Crippen molar-refractivity contribution in [3.8, 4) is 0 Å². The molecule has 1 atom stereocenters. The number of nitrogens with one attached hydrogen (secondary N) is 1. The molecular formula is C7H13N2O+. The van der Waals surface area contributed by atoms with Gasteiger partial charge < -0.3 is 5.11 Å². The first-order valence-corrected chi connectivity index (χ1v) is 3.39. The second-order valence-electron chi connectivity index (χ2n) is 2.60. The lowest BCUT2D eigenvalue weighted by Gasteiger charge is -1.98. The van der Waals surface area contributed by atoms with Crippen molar-refractivity contribution in [2.45, 2.75) is 19.4 Å². The molecule has 0 aliphatic carbocycles. The smallest absolute Gasteiger partial charge is 0.241 e. The fraction of sp³-hybridized carbons (Fsp3) is 0.571. The normalized spacial score (nSPS) is 13.5. The lowest BCUT2D eigenvalue weighted by atomic mass is 10.2. The van der Waals surface area contributed by atoms with Crippen LogP contribution in [0.25, 0.3) is 0 Å². The van der Waals surface area contributed by atoms with Crippen molar-refractivity contribution in [2.75, 3.05) is 0 Å². The monoisotopic (exact) mass is 141 g/mol. The van der Waals surface area contributed by atoms with Crippen LogP contribution >= 0.6 is 0 Å². The second kappa shape index (κ2) is 2.84. The molecule has 0 bridgehead atoms. The molecule has 1 aromatic heterocycles. The van der Waals surface area contributed by atoms with Crippen LogP contribution in [0.5, 0.6) is 0 Å². The Morgan fingerprint density at radius 2 is 2.50 bits per heavy atom. The van der Waals surface area contributed by atoms with Crippen LogP contribution in [0.3, 0.4) is 0 Å². The van der Waals surface area contributed by atoms with Crippen LogP contribution in [0.15, 0.2) is 12.5 Å². The summed E-state index contributed by atoms with van der Waals surface area (Å²) >= 11 is 0. The van der Waals surface area contributed by atoms with Gasteiger partial charge in [0.05, 0.1) is 13.2 Å². The van der Waals surface area contributed by atoms with Gasteiger partial charge in [0.25, 0.3) is 0 Å². The zero-order valence-corrected chi connectivity index (χ0v) is 6.33. The topological polar surface area (TPSA) is 39.9 Å². The van der Waals surface area contributed by atoms with Crippen LogP contribution in [0.4, 0.5) is 0 Å². The first-order valence-electron chi connectivity index (χ1n) is 3.39. The van der Waals surface area contributed by atoms with Gasteiger partial charge in [-0.1, -0.05) is 0 Å². The van der Waals surface area contributed by atoms with E-state index >= 15 is 0 Å². The van der Waals surface area contributed by atoms with E-state index < -0.39 is 0 Å². The van der Waals surface area contributed by atoms with Crippen LogP contribution in [0.1, 0.15) is 12.6 Å². The first-order chi connectivity index (χ1) is 4.70. The van der Waals surface area contributed by atoms with Crippen LogP contribution in [-0.4, -0.2) is 16.2 Å². The van der Waals surface area contributed by atoms with E-state index in [1.165, 1.54) is 0 Å². The molecule has 0 aliphatic rings.